The first-order valence-corrected chi connectivity index (χ1v) is 25.5. The number of rotatable bonds is 6. The number of aromatic nitrogens is 4. The molecule has 0 atom stereocenters. The van der Waals surface area contributed by atoms with E-state index in [0.29, 0.717) is 17.7 Å². The quantitative estimate of drug-likeness (QED) is 0.0946. The molecular formula is C56H52IrN4OSi-2. The maximum atomic E-state index is 9.21. The Kier molecular flexibility index (Phi) is 11.4. The molecule has 5 nitrogen and oxygen atoms in total. The van der Waals surface area contributed by atoms with Crippen molar-refractivity contribution in [1.29, 1.82) is 0 Å². The first-order chi connectivity index (χ1) is 30.5. The number of furan rings is 1. The van der Waals surface area contributed by atoms with E-state index >= 15 is 0 Å². The summed E-state index contributed by atoms with van der Waals surface area (Å²) >= 11 is 0. The van der Waals surface area contributed by atoms with Crippen LogP contribution in [0.15, 0.2) is 144 Å². The average Bonchev–Trinajstić information content (AvgIpc) is 3.89. The van der Waals surface area contributed by atoms with Gasteiger partial charge in [0.2, 0.25) is 0 Å². The van der Waals surface area contributed by atoms with Gasteiger partial charge in [0.05, 0.1) is 28.3 Å². The normalized spacial score (nSPS) is 14.9. The SMILES string of the molecule is CC(C)c1cccc(C(C)C)c1-n1c(-c2[c-]cccc2)nc2ccccc21.[2H]C1(c2ccnc(-c3[c-]ccc4c3oc3c4ccc4ccc5ccccc5c43)n2)CC[Si](C)(C)CC1.[Ir]. The van der Waals surface area contributed by atoms with Crippen LogP contribution in [0.5, 0.6) is 0 Å². The third-order valence-electron chi connectivity index (χ3n) is 12.8. The van der Waals surface area contributed by atoms with Gasteiger partial charge in [-0.3, -0.25) is 15.0 Å². The molecule has 0 aliphatic carbocycles. The predicted molar refractivity (Wildman–Crippen MR) is 261 cm³/mol. The molecule has 0 N–H and O–H groups in total. The summed E-state index contributed by atoms with van der Waals surface area (Å²) < 4.78 is 18.2. The van der Waals surface area contributed by atoms with Crippen molar-refractivity contribution < 1.29 is 25.9 Å². The molecule has 11 rings (SSSR count). The molecule has 317 valence electrons. The molecule has 1 aliphatic rings. The molecule has 63 heavy (non-hydrogen) atoms. The van der Waals surface area contributed by atoms with Crippen molar-refractivity contribution in [2.75, 3.05) is 0 Å². The van der Waals surface area contributed by atoms with E-state index in [1.807, 2.05) is 30.3 Å². The van der Waals surface area contributed by atoms with Gasteiger partial charge in [-0.1, -0.05) is 143 Å². The molecule has 1 fully saturated rings. The molecule has 7 heteroatoms. The van der Waals surface area contributed by atoms with Gasteiger partial charge < -0.3 is 8.98 Å². The number of benzene rings is 7. The fourth-order valence-electron chi connectivity index (χ4n) is 9.35. The average molecular weight is 1020 g/mol. The van der Waals surface area contributed by atoms with Crippen molar-refractivity contribution in [3.05, 3.63) is 169 Å². The Hall–Kier alpha value is -5.72. The van der Waals surface area contributed by atoms with Crippen molar-refractivity contribution in [1.82, 2.24) is 19.5 Å². The van der Waals surface area contributed by atoms with E-state index in [9.17, 15) is 1.37 Å². The molecule has 3 aromatic heterocycles. The third kappa shape index (κ3) is 7.96. The van der Waals surface area contributed by atoms with Gasteiger partial charge in [0.1, 0.15) is 5.58 Å². The molecule has 1 saturated heterocycles. The Morgan fingerprint density at radius 1 is 0.683 bits per heavy atom. The third-order valence-corrected chi connectivity index (χ3v) is 16.0. The van der Waals surface area contributed by atoms with E-state index in [2.05, 4.69) is 166 Å². The van der Waals surface area contributed by atoms with Gasteiger partial charge in [0, 0.05) is 57.9 Å². The minimum atomic E-state index is -1.17. The zero-order valence-corrected chi connectivity index (χ0v) is 40.2. The van der Waals surface area contributed by atoms with Crippen LogP contribution in [0, 0.1) is 12.1 Å². The summed E-state index contributed by atoms with van der Waals surface area (Å²) in [4.78, 5) is 14.6. The Labute approximate surface area is 386 Å². The zero-order chi connectivity index (χ0) is 43.5. The van der Waals surface area contributed by atoms with Gasteiger partial charge in [-0.25, -0.2) is 0 Å². The van der Waals surface area contributed by atoms with Crippen LogP contribution in [0.25, 0.3) is 83.0 Å². The molecule has 0 saturated carbocycles. The van der Waals surface area contributed by atoms with Crippen LogP contribution in [0.4, 0.5) is 0 Å². The van der Waals surface area contributed by atoms with Gasteiger partial charge in [-0.15, -0.1) is 54.1 Å². The fourth-order valence-corrected chi connectivity index (χ4v) is 11.6. The fraction of sp³-hybridized carbons (Fsp3) is 0.232. The van der Waals surface area contributed by atoms with Crippen LogP contribution < -0.4 is 0 Å². The molecule has 7 aromatic carbocycles. The predicted octanol–water partition coefficient (Wildman–Crippen LogP) is 15.5. The standard InChI is InChI=1S/C31H27N2OSi.C25H25N2.Ir/c1-35(2)18-15-21(16-19-35)27-14-17-32-31(33-27)26-9-5-8-24-25-13-12-22-11-10-20-6-3-4-7-23(20)28(22)30(25)34-29(24)26;1-17(2)20-13-10-14-21(18(3)4)24(20)27-23-16-9-8-15-22(23)26-25(27)19-11-6-5-7-12-19;/h3-8,10-14,17,21H,15-16,18-19H2,1-2H3;5-11,13-18H,1-4H3;/q2*-1;/i21D;;. The summed E-state index contributed by atoms with van der Waals surface area (Å²) in [5.41, 5.74) is 10.3. The monoisotopic (exact) mass is 1020 g/mol. The topological polar surface area (TPSA) is 56.7 Å². The van der Waals surface area contributed by atoms with Gasteiger partial charge >= 0.3 is 0 Å². The molecule has 0 bridgehead atoms. The largest absolute Gasteiger partial charge is 0.500 e. The van der Waals surface area contributed by atoms with E-state index in [-0.39, 0.29) is 20.1 Å². The van der Waals surface area contributed by atoms with Crippen LogP contribution in [0.1, 0.15) is 76.5 Å². The second-order valence-corrected chi connectivity index (χ2v) is 23.5. The molecule has 4 heterocycles. The molecule has 0 spiro atoms. The summed E-state index contributed by atoms with van der Waals surface area (Å²) in [6, 6.07) is 55.2. The Balaban J connectivity index is 0.000000166. The Bertz CT molecular complexity index is 3280. The zero-order valence-electron chi connectivity index (χ0n) is 37.8. The first kappa shape index (κ1) is 41.3. The number of para-hydroxylation sites is 3. The summed E-state index contributed by atoms with van der Waals surface area (Å²) in [7, 11) is -1.17. The van der Waals surface area contributed by atoms with E-state index in [0.717, 1.165) is 79.2 Å². The molecule has 1 aliphatic heterocycles. The number of hydrogen-bond donors (Lipinski definition) is 0. The maximum Gasteiger partial charge on any atom is 0.129 e. The smallest absolute Gasteiger partial charge is 0.129 e. The Morgan fingerprint density at radius 2 is 1.38 bits per heavy atom. The number of imidazole rings is 1. The molecular weight excluding hydrogens is 965 g/mol. The molecule has 10 aromatic rings. The maximum absolute atomic E-state index is 9.21. The van der Waals surface area contributed by atoms with E-state index in [4.69, 9.17) is 14.4 Å². The summed E-state index contributed by atoms with van der Waals surface area (Å²) in [6.45, 7) is 13.9. The van der Waals surface area contributed by atoms with Crippen LogP contribution in [-0.2, 0) is 20.1 Å². The van der Waals surface area contributed by atoms with Crippen LogP contribution in [0.3, 0.4) is 0 Å². The van der Waals surface area contributed by atoms with Gasteiger partial charge in [0.25, 0.3) is 0 Å². The van der Waals surface area contributed by atoms with Crippen molar-refractivity contribution in [3.63, 3.8) is 0 Å². The minimum absolute atomic E-state index is 0. The van der Waals surface area contributed by atoms with Gasteiger partial charge in [-0.2, -0.15) is 0 Å². The molecule has 1 radical (unpaired) electrons. The number of fused-ring (bicyclic) bond motifs is 8. The second kappa shape index (κ2) is 17.4. The summed E-state index contributed by atoms with van der Waals surface area (Å²) in [5, 5.41) is 6.78. The first-order valence-electron chi connectivity index (χ1n) is 22.6. The van der Waals surface area contributed by atoms with Crippen molar-refractivity contribution in [2.24, 2.45) is 0 Å². The van der Waals surface area contributed by atoms with Crippen LogP contribution >= 0.6 is 0 Å². The Morgan fingerprint density at radius 3 is 2.14 bits per heavy atom. The summed E-state index contributed by atoms with van der Waals surface area (Å²) in [5.74, 6) is 1.74. The van der Waals surface area contributed by atoms with Gasteiger partial charge in [-0.05, 0) is 76.1 Å². The van der Waals surface area contributed by atoms with E-state index in [1.54, 1.807) is 6.20 Å². The summed E-state index contributed by atoms with van der Waals surface area (Å²) in [6.07, 6.45) is 3.55. The minimum Gasteiger partial charge on any atom is -0.500 e. The van der Waals surface area contributed by atoms with Crippen LogP contribution in [0.2, 0.25) is 25.2 Å². The van der Waals surface area contributed by atoms with Crippen molar-refractivity contribution in [2.45, 2.75) is 83.4 Å². The van der Waals surface area contributed by atoms with Gasteiger partial charge in [0.15, 0.2) is 0 Å². The number of nitrogens with zero attached hydrogens (tertiary/aromatic N) is 4. The van der Waals surface area contributed by atoms with E-state index < -0.39 is 14.0 Å². The second-order valence-electron chi connectivity index (χ2n) is 18.2. The van der Waals surface area contributed by atoms with Crippen molar-refractivity contribution in [3.8, 4) is 28.5 Å². The molecule has 0 amide bonds. The van der Waals surface area contributed by atoms with Crippen LogP contribution in [-0.4, -0.2) is 27.6 Å². The molecule has 0 unspecified atom stereocenters. The van der Waals surface area contributed by atoms with E-state index in [1.165, 1.54) is 39.7 Å². The number of hydrogen-bond acceptors (Lipinski definition) is 4. The van der Waals surface area contributed by atoms with Crippen molar-refractivity contribution >= 4 is 62.6 Å².